The summed E-state index contributed by atoms with van der Waals surface area (Å²) in [4.78, 5) is 31.5. The van der Waals surface area contributed by atoms with Crippen molar-refractivity contribution in [2.24, 2.45) is 0 Å². The fourth-order valence-electron chi connectivity index (χ4n) is 5.19. The standard InChI is InChI=1S/C27H31N3O4/c1-28-11-7-8-18-9-10-19(14-23(18)28)30-17-22(26(31)29-12-5-4-6-13-29)20-15-24(33-2)25(34-3)16-21(20)27(30)32/h9-10,14-17H,4-8,11-13H2,1-3H3. The van der Waals surface area contributed by atoms with Gasteiger partial charge in [0.1, 0.15) is 0 Å². The van der Waals surface area contributed by atoms with E-state index in [1.807, 2.05) is 11.0 Å². The Morgan fingerprint density at radius 2 is 1.59 bits per heavy atom. The smallest absolute Gasteiger partial charge is 0.263 e. The molecule has 2 aliphatic heterocycles. The zero-order valence-corrected chi connectivity index (χ0v) is 20.1. The van der Waals surface area contributed by atoms with Crippen LogP contribution in [0.2, 0.25) is 0 Å². The molecule has 0 N–H and O–H groups in total. The maximum Gasteiger partial charge on any atom is 0.263 e. The van der Waals surface area contributed by atoms with E-state index < -0.39 is 0 Å². The molecule has 3 heterocycles. The van der Waals surface area contributed by atoms with Crippen LogP contribution in [-0.4, -0.2) is 56.3 Å². The molecule has 0 spiro atoms. The average Bonchev–Trinajstić information content (AvgIpc) is 2.88. The maximum absolute atomic E-state index is 13.7. The second-order valence-electron chi connectivity index (χ2n) is 9.16. The topological polar surface area (TPSA) is 64.0 Å². The Kier molecular flexibility index (Phi) is 5.94. The Bertz CT molecular complexity index is 1310. The van der Waals surface area contributed by atoms with Gasteiger partial charge in [0.2, 0.25) is 0 Å². The van der Waals surface area contributed by atoms with Crippen molar-refractivity contribution in [2.45, 2.75) is 32.1 Å². The fourth-order valence-corrected chi connectivity index (χ4v) is 5.19. The summed E-state index contributed by atoms with van der Waals surface area (Å²) in [6, 6.07) is 9.55. The van der Waals surface area contributed by atoms with Crippen molar-refractivity contribution in [3.63, 3.8) is 0 Å². The van der Waals surface area contributed by atoms with Gasteiger partial charge in [-0.3, -0.25) is 14.2 Å². The van der Waals surface area contributed by atoms with E-state index in [9.17, 15) is 9.59 Å². The number of aryl methyl sites for hydroxylation is 1. The minimum atomic E-state index is -0.190. The normalized spacial score (nSPS) is 15.9. The number of methoxy groups -OCH3 is 2. The van der Waals surface area contributed by atoms with Gasteiger partial charge in [0.25, 0.3) is 11.5 Å². The Morgan fingerprint density at radius 3 is 2.29 bits per heavy atom. The van der Waals surface area contributed by atoms with Crippen LogP contribution in [0.1, 0.15) is 41.6 Å². The van der Waals surface area contributed by atoms with Crippen molar-refractivity contribution >= 4 is 22.4 Å². The van der Waals surface area contributed by atoms with Crippen molar-refractivity contribution in [2.75, 3.05) is 45.8 Å². The number of carbonyl (C=O) groups is 1. The molecule has 1 aromatic heterocycles. The van der Waals surface area contributed by atoms with Crippen LogP contribution in [0.5, 0.6) is 11.5 Å². The lowest BCUT2D eigenvalue weighted by Gasteiger charge is -2.29. The molecule has 1 amide bonds. The van der Waals surface area contributed by atoms with Gasteiger partial charge >= 0.3 is 0 Å². The first-order valence-electron chi connectivity index (χ1n) is 12.0. The molecule has 7 nitrogen and oxygen atoms in total. The Morgan fingerprint density at radius 1 is 0.882 bits per heavy atom. The van der Waals surface area contributed by atoms with E-state index in [-0.39, 0.29) is 11.5 Å². The highest BCUT2D eigenvalue weighted by Crippen LogP contribution is 2.34. The number of aromatic nitrogens is 1. The molecule has 2 aromatic carbocycles. The molecule has 0 bridgehead atoms. The number of benzene rings is 2. The molecule has 0 unspecified atom stereocenters. The number of piperidine rings is 1. The van der Waals surface area contributed by atoms with E-state index in [2.05, 4.69) is 24.1 Å². The largest absolute Gasteiger partial charge is 0.493 e. The third-order valence-corrected chi connectivity index (χ3v) is 7.09. The molecule has 7 heteroatoms. The first-order chi connectivity index (χ1) is 16.5. The zero-order chi connectivity index (χ0) is 23.8. The lowest BCUT2D eigenvalue weighted by molar-refractivity contribution is 0.0725. The van der Waals surface area contributed by atoms with E-state index in [0.29, 0.717) is 27.8 Å². The number of carbonyl (C=O) groups excluding carboxylic acids is 1. The number of hydrogen-bond donors (Lipinski definition) is 0. The summed E-state index contributed by atoms with van der Waals surface area (Å²) in [5.74, 6) is 0.905. The van der Waals surface area contributed by atoms with E-state index >= 15 is 0 Å². The van der Waals surface area contributed by atoms with Gasteiger partial charge in [0.05, 0.1) is 30.9 Å². The molecule has 2 aliphatic rings. The lowest BCUT2D eigenvalue weighted by Crippen LogP contribution is -2.36. The highest BCUT2D eigenvalue weighted by atomic mass is 16.5. The summed E-state index contributed by atoms with van der Waals surface area (Å²) in [5, 5.41) is 1.02. The van der Waals surface area contributed by atoms with Gasteiger partial charge in [0.15, 0.2) is 11.5 Å². The number of likely N-dealkylation sites (tertiary alicyclic amines) is 1. The monoisotopic (exact) mass is 461 g/mol. The van der Waals surface area contributed by atoms with Crippen LogP contribution < -0.4 is 19.9 Å². The molecule has 1 saturated heterocycles. The first kappa shape index (κ1) is 22.3. The van der Waals surface area contributed by atoms with E-state index in [0.717, 1.165) is 63.1 Å². The molecule has 0 aliphatic carbocycles. The predicted octanol–water partition coefficient (Wildman–Crippen LogP) is 4.02. The number of rotatable bonds is 4. The number of pyridine rings is 1. The number of anilines is 1. The van der Waals surface area contributed by atoms with Gasteiger partial charge < -0.3 is 19.3 Å². The SMILES string of the molecule is COc1cc2c(C(=O)N3CCCCC3)cn(-c3ccc4c(c3)N(C)CCC4)c(=O)c2cc1OC. The highest BCUT2D eigenvalue weighted by molar-refractivity contribution is 6.07. The van der Waals surface area contributed by atoms with Crippen LogP contribution >= 0.6 is 0 Å². The predicted molar refractivity (Wildman–Crippen MR) is 134 cm³/mol. The van der Waals surface area contributed by atoms with Gasteiger partial charge in [-0.2, -0.15) is 0 Å². The zero-order valence-electron chi connectivity index (χ0n) is 20.1. The summed E-state index contributed by atoms with van der Waals surface area (Å²) in [5.41, 5.74) is 3.48. The Balaban J connectivity index is 1.74. The molecule has 0 saturated carbocycles. The number of hydrogen-bond acceptors (Lipinski definition) is 5. The number of fused-ring (bicyclic) bond motifs is 2. The molecular formula is C27H31N3O4. The van der Waals surface area contributed by atoms with Crippen LogP contribution in [0.3, 0.4) is 0 Å². The van der Waals surface area contributed by atoms with E-state index in [4.69, 9.17) is 9.47 Å². The van der Waals surface area contributed by atoms with Crippen LogP contribution in [0.4, 0.5) is 5.69 Å². The quantitative estimate of drug-likeness (QED) is 0.587. The first-order valence-corrected chi connectivity index (χ1v) is 12.0. The summed E-state index contributed by atoms with van der Waals surface area (Å²) in [6.07, 6.45) is 6.99. The molecule has 34 heavy (non-hydrogen) atoms. The fraction of sp³-hybridized carbons (Fsp3) is 0.407. The van der Waals surface area contributed by atoms with Crippen LogP contribution in [0.25, 0.3) is 16.5 Å². The lowest BCUT2D eigenvalue weighted by atomic mass is 10.0. The van der Waals surface area contributed by atoms with Gasteiger partial charge in [-0.15, -0.1) is 0 Å². The highest BCUT2D eigenvalue weighted by Gasteiger charge is 2.24. The van der Waals surface area contributed by atoms with Gasteiger partial charge in [-0.05, 0) is 61.9 Å². The Hall–Kier alpha value is -3.48. The summed E-state index contributed by atoms with van der Waals surface area (Å²) >= 11 is 0. The van der Waals surface area contributed by atoms with Gasteiger partial charge in [-0.25, -0.2) is 0 Å². The summed E-state index contributed by atoms with van der Waals surface area (Å²) in [6.45, 7) is 2.45. The molecule has 178 valence electrons. The van der Waals surface area contributed by atoms with Crippen LogP contribution in [0.15, 0.2) is 41.3 Å². The van der Waals surface area contributed by atoms with Crippen molar-refractivity contribution in [1.29, 1.82) is 0 Å². The van der Waals surface area contributed by atoms with Crippen molar-refractivity contribution < 1.29 is 14.3 Å². The van der Waals surface area contributed by atoms with Crippen LogP contribution in [-0.2, 0) is 6.42 Å². The molecule has 5 rings (SSSR count). The second kappa shape index (κ2) is 9.05. The van der Waals surface area contributed by atoms with E-state index in [1.165, 1.54) is 5.56 Å². The minimum absolute atomic E-state index is 0.0549. The third-order valence-electron chi connectivity index (χ3n) is 7.09. The second-order valence-corrected chi connectivity index (χ2v) is 9.16. The van der Waals surface area contributed by atoms with E-state index in [1.54, 1.807) is 37.1 Å². The molecule has 0 atom stereocenters. The molecular weight excluding hydrogens is 430 g/mol. The van der Waals surface area contributed by atoms with Crippen LogP contribution in [0, 0.1) is 0 Å². The number of ether oxygens (including phenoxy) is 2. The molecule has 3 aromatic rings. The third kappa shape index (κ3) is 3.79. The van der Waals surface area contributed by atoms with Gasteiger partial charge in [0, 0.05) is 44.0 Å². The molecule has 0 radical (unpaired) electrons. The van der Waals surface area contributed by atoms with Crippen molar-refractivity contribution in [3.05, 3.63) is 58.0 Å². The number of nitrogens with zero attached hydrogens (tertiary/aromatic N) is 3. The molecule has 1 fully saturated rings. The maximum atomic E-state index is 13.7. The van der Waals surface area contributed by atoms with Gasteiger partial charge in [-0.1, -0.05) is 6.07 Å². The summed E-state index contributed by atoms with van der Waals surface area (Å²) < 4.78 is 12.6. The minimum Gasteiger partial charge on any atom is -0.493 e. The summed E-state index contributed by atoms with van der Waals surface area (Å²) in [7, 11) is 5.18. The van der Waals surface area contributed by atoms with Crippen molar-refractivity contribution in [1.82, 2.24) is 9.47 Å². The van der Waals surface area contributed by atoms with Crippen molar-refractivity contribution in [3.8, 4) is 17.2 Å². The Labute approximate surface area is 199 Å². The average molecular weight is 462 g/mol. The number of amides is 1.